The first-order chi connectivity index (χ1) is 11.0. The van der Waals surface area contributed by atoms with Gasteiger partial charge in [-0.1, -0.05) is 38.8 Å². The summed E-state index contributed by atoms with van der Waals surface area (Å²) in [5.41, 5.74) is 0.350. The highest BCUT2D eigenvalue weighted by Gasteiger charge is 2.20. The number of ether oxygens (including phenoxy) is 2. The Morgan fingerprint density at radius 2 is 1.65 bits per heavy atom. The fourth-order valence-corrected chi connectivity index (χ4v) is 2.16. The SMILES string of the molecule is CCCCOC(=O)c1ccc(Cl)cc1C(=O)OCCCC(C)C. The number of halogens is 1. The van der Waals surface area contributed by atoms with Crippen molar-refractivity contribution in [2.45, 2.75) is 46.5 Å². The number of hydrogen-bond acceptors (Lipinski definition) is 4. The summed E-state index contributed by atoms with van der Waals surface area (Å²) in [6.07, 6.45) is 3.49. The first-order valence-electron chi connectivity index (χ1n) is 8.09. The summed E-state index contributed by atoms with van der Waals surface area (Å²) in [6.45, 7) is 6.90. The molecular weight excluding hydrogens is 316 g/mol. The maximum absolute atomic E-state index is 12.2. The van der Waals surface area contributed by atoms with Crippen molar-refractivity contribution in [3.63, 3.8) is 0 Å². The van der Waals surface area contributed by atoms with Crippen LogP contribution < -0.4 is 0 Å². The van der Waals surface area contributed by atoms with Crippen LogP contribution in [-0.4, -0.2) is 25.2 Å². The predicted molar refractivity (Wildman–Crippen MR) is 91.0 cm³/mol. The smallest absolute Gasteiger partial charge is 0.339 e. The number of unbranched alkanes of at least 4 members (excludes halogenated alkanes) is 1. The van der Waals surface area contributed by atoms with Crippen LogP contribution in [0, 0.1) is 5.92 Å². The molecule has 0 bridgehead atoms. The van der Waals surface area contributed by atoms with Crippen LogP contribution in [0.5, 0.6) is 0 Å². The van der Waals surface area contributed by atoms with Crippen LogP contribution in [0.4, 0.5) is 0 Å². The summed E-state index contributed by atoms with van der Waals surface area (Å²) >= 11 is 5.94. The Morgan fingerprint density at radius 3 is 2.26 bits per heavy atom. The fourth-order valence-electron chi connectivity index (χ4n) is 1.98. The minimum atomic E-state index is -0.543. The van der Waals surface area contributed by atoms with E-state index in [1.807, 2.05) is 6.92 Å². The largest absolute Gasteiger partial charge is 0.462 e. The molecule has 0 N–H and O–H groups in total. The second-order valence-electron chi connectivity index (χ2n) is 5.85. The number of rotatable bonds is 9. The topological polar surface area (TPSA) is 52.6 Å². The molecule has 0 aliphatic rings. The van der Waals surface area contributed by atoms with Crippen molar-refractivity contribution in [3.8, 4) is 0 Å². The third-order valence-corrected chi connectivity index (χ3v) is 3.55. The average molecular weight is 341 g/mol. The Morgan fingerprint density at radius 1 is 1.04 bits per heavy atom. The van der Waals surface area contributed by atoms with Gasteiger partial charge in [-0.2, -0.15) is 0 Å². The monoisotopic (exact) mass is 340 g/mol. The van der Waals surface area contributed by atoms with Gasteiger partial charge >= 0.3 is 11.9 Å². The normalized spacial score (nSPS) is 10.7. The molecule has 0 heterocycles. The van der Waals surface area contributed by atoms with Crippen molar-refractivity contribution in [1.29, 1.82) is 0 Å². The molecule has 1 rings (SSSR count). The summed E-state index contributed by atoms with van der Waals surface area (Å²) in [7, 11) is 0. The van der Waals surface area contributed by atoms with Crippen LogP contribution in [0.3, 0.4) is 0 Å². The van der Waals surface area contributed by atoms with Gasteiger partial charge in [0.2, 0.25) is 0 Å². The molecule has 1 aromatic carbocycles. The molecule has 0 aromatic heterocycles. The number of esters is 2. The van der Waals surface area contributed by atoms with Crippen molar-refractivity contribution >= 4 is 23.5 Å². The number of carbonyl (C=O) groups is 2. The van der Waals surface area contributed by atoms with Crippen molar-refractivity contribution in [3.05, 3.63) is 34.3 Å². The molecule has 0 saturated heterocycles. The molecule has 0 aliphatic carbocycles. The van der Waals surface area contributed by atoms with Crippen molar-refractivity contribution in [2.75, 3.05) is 13.2 Å². The molecular formula is C18H25ClO4. The van der Waals surface area contributed by atoms with E-state index >= 15 is 0 Å². The molecule has 1 aromatic rings. The molecule has 0 amide bonds. The Hall–Kier alpha value is -1.55. The van der Waals surface area contributed by atoms with E-state index in [0.717, 1.165) is 25.7 Å². The maximum atomic E-state index is 12.2. The van der Waals surface area contributed by atoms with E-state index < -0.39 is 11.9 Å². The zero-order valence-electron chi connectivity index (χ0n) is 14.1. The van der Waals surface area contributed by atoms with Crippen LogP contribution in [0.2, 0.25) is 5.02 Å². The fraction of sp³-hybridized carbons (Fsp3) is 0.556. The van der Waals surface area contributed by atoms with Gasteiger partial charge in [0, 0.05) is 5.02 Å². The highest BCUT2D eigenvalue weighted by Crippen LogP contribution is 2.19. The first-order valence-corrected chi connectivity index (χ1v) is 8.47. The van der Waals surface area contributed by atoms with E-state index in [9.17, 15) is 9.59 Å². The van der Waals surface area contributed by atoms with E-state index in [1.165, 1.54) is 12.1 Å². The summed E-state index contributed by atoms with van der Waals surface area (Å²) in [6, 6.07) is 4.51. The Balaban J connectivity index is 2.73. The van der Waals surface area contributed by atoms with E-state index in [0.29, 0.717) is 24.2 Å². The van der Waals surface area contributed by atoms with Crippen LogP contribution in [0.15, 0.2) is 18.2 Å². The Labute approximate surface area is 143 Å². The van der Waals surface area contributed by atoms with Crippen molar-refractivity contribution in [2.24, 2.45) is 5.92 Å². The van der Waals surface area contributed by atoms with Gasteiger partial charge in [-0.25, -0.2) is 9.59 Å². The molecule has 0 fully saturated rings. The van der Waals surface area contributed by atoms with Gasteiger partial charge in [-0.15, -0.1) is 0 Å². The first kappa shape index (κ1) is 19.5. The van der Waals surface area contributed by atoms with Gasteiger partial charge in [0.05, 0.1) is 24.3 Å². The van der Waals surface area contributed by atoms with E-state index in [4.69, 9.17) is 21.1 Å². The maximum Gasteiger partial charge on any atom is 0.339 e. The van der Waals surface area contributed by atoms with E-state index in [-0.39, 0.29) is 11.1 Å². The zero-order valence-corrected chi connectivity index (χ0v) is 14.8. The lowest BCUT2D eigenvalue weighted by molar-refractivity contribution is 0.0450. The van der Waals surface area contributed by atoms with Crippen LogP contribution in [-0.2, 0) is 9.47 Å². The average Bonchev–Trinajstić information content (AvgIpc) is 2.51. The molecule has 0 spiro atoms. The summed E-state index contributed by atoms with van der Waals surface area (Å²) < 4.78 is 10.4. The molecule has 0 atom stereocenters. The molecule has 5 heteroatoms. The summed E-state index contributed by atoms with van der Waals surface area (Å²) in [5, 5.41) is 0.379. The van der Waals surface area contributed by atoms with Crippen LogP contribution >= 0.6 is 11.6 Å². The number of hydrogen-bond donors (Lipinski definition) is 0. The minimum absolute atomic E-state index is 0.156. The standard InChI is InChI=1S/C18H25ClO4/c1-4-5-10-22-17(20)15-9-8-14(19)12-16(15)18(21)23-11-6-7-13(2)3/h8-9,12-13H,4-7,10-11H2,1-3H3. The molecule has 4 nitrogen and oxygen atoms in total. The molecule has 0 unspecified atom stereocenters. The minimum Gasteiger partial charge on any atom is -0.462 e. The van der Waals surface area contributed by atoms with Gasteiger partial charge in [0.1, 0.15) is 0 Å². The molecule has 128 valence electrons. The number of carbonyl (C=O) groups excluding carboxylic acids is 2. The highest BCUT2D eigenvalue weighted by atomic mass is 35.5. The lowest BCUT2D eigenvalue weighted by Crippen LogP contribution is -2.15. The number of benzene rings is 1. The quantitative estimate of drug-likeness (QED) is 0.474. The Bertz CT molecular complexity index is 526. The van der Waals surface area contributed by atoms with Crippen molar-refractivity contribution in [1.82, 2.24) is 0 Å². The van der Waals surface area contributed by atoms with Crippen molar-refractivity contribution < 1.29 is 19.1 Å². The zero-order chi connectivity index (χ0) is 17.2. The summed E-state index contributed by atoms with van der Waals surface area (Å²) in [5.74, 6) is -0.507. The third-order valence-electron chi connectivity index (χ3n) is 3.31. The van der Waals surface area contributed by atoms with Gasteiger partial charge in [0.15, 0.2) is 0 Å². The lowest BCUT2D eigenvalue weighted by atomic mass is 10.1. The molecule has 0 radical (unpaired) electrons. The van der Waals surface area contributed by atoms with E-state index in [1.54, 1.807) is 6.07 Å². The van der Waals surface area contributed by atoms with Gasteiger partial charge in [-0.3, -0.25) is 0 Å². The van der Waals surface area contributed by atoms with Crippen LogP contribution in [0.25, 0.3) is 0 Å². The third kappa shape index (κ3) is 7.04. The lowest BCUT2D eigenvalue weighted by Gasteiger charge is -2.11. The highest BCUT2D eigenvalue weighted by molar-refractivity contribution is 6.31. The van der Waals surface area contributed by atoms with Gasteiger partial charge in [-0.05, 0) is 43.4 Å². The van der Waals surface area contributed by atoms with E-state index in [2.05, 4.69) is 13.8 Å². The van der Waals surface area contributed by atoms with Gasteiger partial charge in [0.25, 0.3) is 0 Å². The second kappa shape index (κ2) is 10.3. The molecule has 0 aliphatic heterocycles. The second-order valence-corrected chi connectivity index (χ2v) is 6.29. The Kier molecular flexibility index (Phi) is 8.70. The van der Waals surface area contributed by atoms with Gasteiger partial charge < -0.3 is 9.47 Å². The summed E-state index contributed by atoms with van der Waals surface area (Å²) in [4.78, 5) is 24.3. The molecule has 23 heavy (non-hydrogen) atoms. The predicted octanol–water partition coefficient (Wildman–Crippen LogP) is 4.89. The molecule has 0 saturated carbocycles. The van der Waals surface area contributed by atoms with Crippen LogP contribution in [0.1, 0.15) is 67.2 Å².